The summed E-state index contributed by atoms with van der Waals surface area (Å²) >= 11 is 0. The van der Waals surface area contributed by atoms with E-state index >= 15 is 0 Å². The van der Waals surface area contributed by atoms with Crippen LogP contribution in [0, 0.1) is 0 Å². The van der Waals surface area contributed by atoms with Crippen molar-refractivity contribution in [1.29, 1.82) is 0 Å². The van der Waals surface area contributed by atoms with Crippen LogP contribution in [0.25, 0.3) is 6.08 Å². The van der Waals surface area contributed by atoms with Gasteiger partial charge >= 0.3 is 6.03 Å². The van der Waals surface area contributed by atoms with Gasteiger partial charge in [0.05, 0.1) is 0 Å². The number of anilines is 1. The average molecular weight is 394 g/mol. The molecule has 0 aromatic heterocycles. The maximum atomic E-state index is 12.2. The SMILES string of the molecule is C=Cc1ccc(NC(=O)NCc2cc(CNC(C)=O)cc(CNC(C)=O)c2)cc1. The van der Waals surface area contributed by atoms with Gasteiger partial charge in [-0.2, -0.15) is 0 Å². The fraction of sp³-hybridized carbons (Fsp3) is 0.227. The maximum absolute atomic E-state index is 12.2. The quantitative estimate of drug-likeness (QED) is 0.554. The average Bonchev–Trinajstić information content (AvgIpc) is 2.70. The van der Waals surface area contributed by atoms with Gasteiger partial charge < -0.3 is 21.3 Å². The Labute approximate surface area is 170 Å². The number of urea groups is 1. The molecular formula is C22H26N4O3. The first kappa shape index (κ1) is 21.7. The number of hydrogen-bond donors (Lipinski definition) is 4. The van der Waals surface area contributed by atoms with Gasteiger partial charge in [0.2, 0.25) is 11.8 Å². The minimum atomic E-state index is -0.327. The van der Waals surface area contributed by atoms with Gasteiger partial charge in [0.15, 0.2) is 0 Å². The fourth-order valence-electron chi connectivity index (χ4n) is 2.66. The normalized spacial score (nSPS) is 10.0. The Hall–Kier alpha value is -3.61. The summed E-state index contributed by atoms with van der Waals surface area (Å²) in [4.78, 5) is 34.6. The first-order valence-electron chi connectivity index (χ1n) is 9.23. The molecule has 0 heterocycles. The molecule has 0 spiro atoms. The molecule has 0 aliphatic rings. The van der Waals surface area contributed by atoms with Crippen LogP contribution < -0.4 is 21.3 Å². The van der Waals surface area contributed by atoms with Crippen LogP contribution in [0.2, 0.25) is 0 Å². The van der Waals surface area contributed by atoms with Crippen LogP contribution in [0.4, 0.5) is 10.5 Å². The summed E-state index contributed by atoms with van der Waals surface area (Å²) in [5.74, 6) is -0.252. The second-order valence-corrected chi connectivity index (χ2v) is 6.61. The van der Waals surface area contributed by atoms with E-state index in [0.717, 1.165) is 22.3 Å². The lowest BCUT2D eigenvalue weighted by molar-refractivity contribution is -0.119. The van der Waals surface area contributed by atoms with Crippen molar-refractivity contribution in [1.82, 2.24) is 16.0 Å². The molecule has 152 valence electrons. The lowest BCUT2D eigenvalue weighted by Gasteiger charge is -2.12. The number of amides is 4. The van der Waals surface area contributed by atoms with Crippen LogP contribution in [0.15, 0.2) is 49.0 Å². The summed E-state index contributed by atoms with van der Waals surface area (Å²) in [7, 11) is 0. The number of benzene rings is 2. The molecular weight excluding hydrogens is 368 g/mol. The molecule has 0 saturated carbocycles. The van der Waals surface area contributed by atoms with Gasteiger partial charge in [-0.25, -0.2) is 4.79 Å². The van der Waals surface area contributed by atoms with E-state index in [1.54, 1.807) is 18.2 Å². The van der Waals surface area contributed by atoms with Crippen molar-refractivity contribution in [3.8, 4) is 0 Å². The molecule has 0 bridgehead atoms. The Morgan fingerprint density at radius 3 is 1.66 bits per heavy atom. The van der Waals surface area contributed by atoms with Crippen LogP contribution in [-0.2, 0) is 29.2 Å². The Bertz CT molecular complexity index is 855. The third kappa shape index (κ3) is 7.88. The Morgan fingerprint density at radius 2 is 1.24 bits per heavy atom. The highest BCUT2D eigenvalue weighted by Crippen LogP contribution is 2.12. The van der Waals surface area contributed by atoms with Crippen LogP contribution in [0.5, 0.6) is 0 Å². The minimum Gasteiger partial charge on any atom is -0.352 e. The van der Waals surface area contributed by atoms with E-state index in [-0.39, 0.29) is 17.8 Å². The zero-order valence-corrected chi connectivity index (χ0v) is 16.7. The maximum Gasteiger partial charge on any atom is 0.319 e. The molecule has 0 aliphatic heterocycles. The molecule has 0 atom stereocenters. The smallest absolute Gasteiger partial charge is 0.319 e. The molecule has 4 amide bonds. The van der Waals surface area contributed by atoms with Crippen LogP contribution in [0.3, 0.4) is 0 Å². The van der Waals surface area contributed by atoms with E-state index in [1.807, 2.05) is 30.3 Å². The van der Waals surface area contributed by atoms with Gasteiger partial charge in [-0.1, -0.05) is 43.0 Å². The largest absolute Gasteiger partial charge is 0.352 e. The third-order valence-electron chi connectivity index (χ3n) is 4.05. The van der Waals surface area contributed by atoms with Gasteiger partial charge in [-0.05, 0) is 34.4 Å². The molecule has 2 aromatic rings. The Balaban J connectivity index is 2.02. The zero-order chi connectivity index (χ0) is 21.2. The van der Waals surface area contributed by atoms with Crippen molar-refractivity contribution in [2.24, 2.45) is 0 Å². The number of carbonyl (C=O) groups excluding carboxylic acids is 3. The Kier molecular flexibility index (Phi) is 7.97. The lowest BCUT2D eigenvalue weighted by atomic mass is 10.0. The molecule has 7 nitrogen and oxygen atoms in total. The van der Waals surface area contributed by atoms with Gasteiger partial charge in [-0.15, -0.1) is 0 Å². The van der Waals surface area contributed by atoms with Crippen molar-refractivity contribution in [2.45, 2.75) is 33.5 Å². The second-order valence-electron chi connectivity index (χ2n) is 6.61. The minimum absolute atomic E-state index is 0.126. The monoisotopic (exact) mass is 394 g/mol. The van der Waals surface area contributed by atoms with Crippen LogP contribution in [0.1, 0.15) is 36.1 Å². The van der Waals surface area contributed by atoms with Crippen molar-refractivity contribution >= 4 is 29.6 Å². The summed E-state index contributed by atoms with van der Waals surface area (Å²) in [5.41, 5.74) is 4.29. The number of hydrogen-bond acceptors (Lipinski definition) is 3. The van der Waals surface area contributed by atoms with E-state index in [1.165, 1.54) is 13.8 Å². The molecule has 0 aliphatic carbocycles. The first-order valence-corrected chi connectivity index (χ1v) is 9.23. The van der Waals surface area contributed by atoms with Crippen molar-refractivity contribution < 1.29 is 14.4 Å². The van der Waals surface area contributed by atoms with Gasteiger partial charge in [0, 0.05) is 39.2 Å². The van der Waals surface area contributed by atoms with E-state index in [9.17, 15) is 14.4 Å². The molecule has 0 fully saturated rings. The summed E-state index contributed by atoms with van der Waals surface area (Å²) in [6, 6.07) is 12.7. The molecule has 0 unspecified atom stereocenters. The van der Waals surface area contributed by atoms with Gasteiger partial charge in [0.1, 0.15) is 0 Å². The number of rotatable bonds is 8. The molecule has 4 N–H and O–H groups in total. The highest BCUT2D eigenvalue weighted by atomic mass is 16.2. The third-order valence-corrected chi connectivity index (χ3v) is 4.05. The molecule has 2 rings (SSSR count). The number of nitrogens with one attached hydrogen (secondary N) is 4. The standard InChI is InChI=1S/C22H26N4O3/c1-4-17-5-7-21(8-6-17)26-22(29)25-14-20-10-18(12-23-15(2)27)9-19(11-20)13-24-16(3)28/h4-11H,1,12-14H2,2-3H3,(H,23,27)(H,24,28)(H2,25,26,29). The van der Waals surface area contributed by atoms with Crippen molar-refractivity contribution in [3.05, 3.63) is 71.3 Å². The second kappa shape index (κ2) is 10.7. The van der Waals surface area contributed by atoms with E-state index in [4.69, 9.17) is 0 Å². The summed E-state index contributed by atoms with van der Waals surface area (Å²) in [6.07, 6.45) is 1.73. The Morgan fingerprint density at radius 1 is 0.793 bits per heavy atom. The van der Waals surface area contributed by atoms with Gasteiger partial charge in [-0.3, -0.25) is 9.59 Å². The van der Waals surface area contributed by atoms with E-state index < -0.39 is 0 Å². The predicted molar refractivity (Wildman–Crippen MR) is 114 cm³/mol. The topological polar surface area (TPSA) is 99.3 Å². The first-order chi connectivity index (χ1) is 13.9. The summed E-state index contributed by atoms with van der Waals surface area (Å²) in [5, 5.41) is 11.1. The highest BCUT2D eigenvalue weighted by Gasteiger charge is 2.06. The van der Waals surface area contributed by atoms with Crippen molar-refractivity contribution in [2.75, 3.05) is 5.32 Å². The molecule has 29 heavy (non-hydrogen) atoms. The summed E-state index contributed by atoms with van der Waals surface area (Å²) in [6.45, 7) is 7.66. The number of carbonyl (C=O) groups is 3. The van der Waals surface area contributed by atoms with Crippen LogP contribution >= 0.6 is 0 Å². The lowest BCUT2D eigenvalue weighted by Crippen LogP contribution is -2.28. The molecule has 7 heteroatoms. The van der Waals surface area contributed by atoms with Crippen molar-refractivity contribution in [3.63, 3.8) is 0 Å². The van der Waals surface area contributed by atoms with Crippen LogP contribution in [-0.4, -0.2) is 17.8 Å². The van der Waals surface area contributed by atoms with E-state index in [0.29, 0.717) is 25.3 Å². The van der Waals surface area contributed by atoms with E-state index in [2.05, 4.69) is 27.8 Å². The fourth-order valence-corrected chi connectivity index (χ4v) is 2.66. The predicted octanol–water partition coefficient (Wildman–Crippen LogP) is 2.92. The molecule has 0 radical (unpaired) electrons. The highest BCUT2D eigenvalue weighted by molar-refractivity contribution is 5.89. The van der Waals surface area contributed by atoms with Gasteiger partial charge in [0.25, 0.3) is 0 Å². The molecule has 0 saturated heterocycles. The zero-order valence-electron chi connectivity index (χ0n) is 16.7. The summed E-state index contributed by atoms with van der Waals surface area (Å²) < 4.78 is 0. The molecule has 2 aromatic carbocycles.